The van der Waals surface area contributed by atoms with Gasteiger partial charge in [0.1, 0.15) is 11.5 Å². The number of nitrogens with zero attached hydrogens (tertiary/aromatic N) is 1. The molecule has 0 N–H and O–H groups in total. The molecule has 0 heterocycles. The van der Waals surface area contributed by atoms with Crippen molar-refractivity contribution in [3.8, 4) is 11.5 Å². The molecule has 1 atom stereocenters. The Balaban J connectivity index is 2.29. The highest BCUT2D eigenvalue weighted by Gasteiger charge is 2.15. The molecule has 22 heavy (non-hydrogen) atoms. The topological polar surface area (TPSA) is 21.7 Å². The third-order valence-electron chi connectivity index (χ3n) is 4.06. The quantitative estimate of drug-likeness (QED) is 0.751. The van der Waals surface area contributed by atoms with Gasteiger partial charge in [-0.3, -0.25) is 0 Å². The van der Waals surface area contributed by atoms with E-state index in [2.05, 4.69) is 43.0 Å². The largest absolute Gasteiger partial charge is 0.497 e. The Morgan fingerprint density at radius 1 is 0.955 bits per heavy atom. The molecule has 0 saturated heterocycles. The van der Waals surface area contributed by atoms with Crippen molar-refractivity contribution in [2.45, 2.75) is 32.9 Å². The van der Waals surface area contributed by atoms with Gasteiger partial charge in [0.15, 0.2) is 0 Å². The highest BCUT2D eigenvalue weighted by atomic mass is 16.5. The fraction of sp³-hybridized carbons (Fsp3) is 0.368. The van der Waals surface area contributed by atoms with Crippen LogP contribution in [0.5, 0.6) is 11.5 Å². The first kappa shape index (κ1) is 16.2. The average Bonchev–Trinajstić information content (AvgIpc) is 2.59. The van der Waals surface area contributed by atoms with E-state index in [-0.39, 0.29) is 0 Å². The summed E-state index contributed by atoms with van der Waals surface area (Å²) in [7, 11) is 3.41. The minimum absolute atomic E-state index is 0.443. The summed E-state index contributed by atoms with van der Waals surface area (Å²) >= 11 is 0. The first-order valence-electron chi connectivity index (χ1n) is 7.72. The average molecular weight is 299 g/mol. The van der Waals surface area contributed by atoms with Gasteiger partial charge in [0.2, 0.25) is 0 Å². The van der Waals surface area contributed by atoms with E-state index in [9.17, 15) is 0 Å². The van der Waals surface area contributed by atoms with Gasteiger partial charge in [0.05, 0.1) is 14.2 Å². The number of methoxy groups -OCH3 is 2. The van der Waals surface area contributed by atoms with Gasteiger partial charge in [0.25, 0.3) is 0 Å². The second kappa shape index (κ2) is 7.74. The summed E-state index contributed by atoms with van der Waals surface area (Å²) in [5.74, 6) is 1.81. The van der Waals surface area contributed by atoms with Crippen LogP contribution in [-0.2, 0) is 6.54 Å². The fourth-order valence-corrected chi connectivity index (χ4v) is 2.51. The molecule has 118 valence electrons. The maximum atomic E-state index is 5.49. The third kappa shape index (κ3) is 3.73. The van der Waals surface area contributed by atoms with Crippen LogP contribution in [0.15, 0.2) is 48.5 Å². The zero-order chi connectivity index (χ0) is 15.9. The maximum absolute atomic E-state index is 5.49. The van der Waals surface area contributed by atoms with Crippen LogP contribution in [0.2, 0.25) is 0 Å². The molecule has 0 spiro atoms. The van der Waals surface area contributed by atoms with Gasteiger partial charge < -0.3 is 14.4 Å². The van der Waals surface area contributed by atoms with Crippen molar-refractivity contribution < 1.29 is 9.47 Å². The Hall–Kier alpha value is -2.16. The molecule has 2 aromatic carbocycles. The van der Waals surface area contributed by atoms with Crippen LogP contribution in [0, 0.1) is 0 Å². The second-order valence-corrected chi connectivity index (χ2v) is 5.40. The molecule has 0 aliphatic heterocycles. The van der Waals surface area contributed by atoms with Gasteiger partial charge in [0, 0.05) is 23.8 Å². The van der Waals surface area contributed by atoms with Crippen LogP contribution in [0.4, 0.5) is 5.69 Å². The first-order chi connectivity index (χ1) is 10.7. The van der Waals surface area contributed by atoms with Crippen molar-refractivity contribution in [3.63, 3.8) is 0 Å². The monoisotopic (exact) mass is 299 g/mol. The third-order valence-corrected chi connectivity index (χ3v) is 4.06. The number of para-hydroxylation sites is 1. The minimum Gasteiger partial charge on any atom is -0.497 e. The van der Waals surface area contributed by atoms with Crippen molar-refractivity contribution in [2.75, 3.05) is 19.1 Å². The van der Waals surface area contributed by atoms with Gasteiger partial charge in [-0.05, 0) is 43.7 Å². The van der Waals surface area contributed by atoms with E-state index in [1.54, 1.807) is 14.2 Å². The zero-order valence-electron chi connectivity index (χ0n) is 13.9. The van der Waals surface area contributed by atoms with Crippen LogP contribution in [-0.4, -0.2) is 20.3 Å². The molecule has 0 aliphatic rings. The lowest BCUT2D eigenvalue weighted by Gasteiger charge is -2.31. The molecular formula is C19H25NO2. The van der Waals surface area contributed by atoms with E-state index in [0.717, 1.165) is 24.5 Å². The molecule has 2 aromatic rings. The normalized spacial score (nSPS) is 11.8. The van der Waals surface area contributed by atoms with Crippen LogP contribution in [0.1, 0.15) is 25.8 Å². The summed E-state index contributed by atoms with van der Waals surface area (Å²) in [4.78, 5) is 2.40. The van der Waals surface area contributed by atoms with Crippen LogP contribution < -0.4 is 14.4 Å². The van der Waals surface area contributed by atoms with Crippen LogP contribution in [0.3, 0.4) is 0 Å². The highest BCUT2D eigenvalue weighted by molar-refractivity contribution is 5.51. The highest BCUT2D eigenvalue weighted by Crippen LogP contribution is 2.27. The Morgan fingerprint density at radius 3 is 2.23 bits per heavy atom. The molecule has 2 rings (SSSR count). The standard InChI is InChI=1S/C19H25NO2/c1-5-15(2)20(17-10-12-18(21-3)13-11-17)14-16-8-6-7-9-19(16)22-4/h6-13,15H,5,14H2,1-4H3. The SMILES string of the molecule is CCC(C)N(Cc1ccccc1OC)c1ccc(OC)cc1. The number of hydrogen-bond acceptors (Lipinski definition) is 3. The van der Waals surface area contributed by atoms with Crippen LogP contribution >= 0.6 is 0 Å². The first-order valence-corrected chi connectivity index (χ1v) is 7.72. The Morgan fingerprint density at radius 2 is 1.64 bits per heavy atom. The summed E-state index contributed by atoms with van der Waals surface area (Å²) in [5, 5.41) is 0. The Kier molecular flexibility index (Phi) is 5.70. The molecule has 0 aromatic heterocycles. The Bertz CT molecular complexity index is 580. The van der Waals surface area contributed by atoms with Gasteiger partial charge >= 0.3 is 0 Å². The van der Waals surface area contributed by atoms with Gasteiger partial charge in [-0.1, -0.05) is 25.1 Å². The number of ether oxygens (including phenoxy) is 2. The van der Waals surface area contributed by atoms with Gasteiger partial charge in [-0.2, -0.15) is 0 Å². The summed E-state index contributed by atoms with van der Waals surface area (Å²) in [6, 6.07) is 16.9. The number of anilines is 1. The number of benzene rings is 2. The van der Waals surface area contributed by atoms with Crippen molar-refractivity contribution >= 4 is 5.69 Å². The summed E-state index contributed by atoms with van der Waals surface area (Å²) in [6.45, 7) is 5.29. The summed E-state index contributed by atoms with van der Waals surface area (Å²) < 4.78 is 10.7. The van der Waals surface area contributed by atoms with Crippen molar-refractivity contribution in [1.82, 2.24) is 0 Å². The van der Waals surface area contributed by atoms with Crippen LogP contribution in [0.25, 0.3) is 0 Å². The lowest BCUT2D eigenvalue weighted by molar-refractivity contribution is 0.408. The molecule has 0 bridgehead atoms. The summed E-state index contributed by atoms with van der Waals surface area (Å²) in [6.07, 6.45) is 1.08. The second-order valence-electron chi connectivity index (χ2n) is 5.40. The molecule has 0 aliphatic carbocycles. The predicted octanol–water partition coefficient (Wildman–Crippen LogP) is 4.51. The molecule has 0 saturated carbocycles. The van der Waals surface area contributed by atoms with Crippen molar-refractivity contribution in [2.24, 2.45) is 0 Å². The van der Waals surface area contributed by atoms with Crippen molar-refractivity contribution in [3.05, 3.63) is 54.1 Å². The minimum atomic E-state index is 0.443. The van der Waals surface area contributed by atoms with E-state index < -0.39 is 0 Å². The fourth-order valence-electron chi connectivity index (χ4n) is 2.51. The molecular weight excluding hydrogens is 274 g/mol. The van der Waals surface area contributed by atoms with E-state index in [4.69, 9.17) is 9.47 Å². The maximum Gasteiger partial charge on any atom is 0.123 e. The zero-order valence-corrected chi connectivity index (χ0v) is 13.9. The number of rotatable bonds is 7. The van der Waals surface area contributed by atoms with E-state index in [0.29, 0.717) is 6.04 Å². The molecule has 3 heteroatoms. The Labute approximate surface area is 133 Å². The van der Waals surface area contributed by atoms with Crippen molar-refractivity contribution in [1.29, 1.82) is 0 Å². The molecule has 3 nitrogen and oxygen atoms in total. The lowest BCUT2D eigenvalue weighted by Crippen LogP contribution is -2.32. The van der Waals surface area contributed by atoms with Gasteiger partial charge in [-0.25, -0.2) is 0 Å². The lowest BCUT2D eigenvalue weighted by atomic mass is 10.1. The van der Waals surface area contributed by atoms with Gasteiger partial charge in [-0.15, -0.1) is 0 Å². The predicted molar refractivity (Wildman–Crippen MR) is 91.9 cm³/mol. The molecule has 0 fully saturated rings. The summed E-state index contributed by atoms with van der Waals surface area (Å²) in [5.41, 5.74) is 2.39. The molecule has 0 amide bonds. The van der Waals surface area contributed by atoms with E-state index in [1.165, 1.54) is 11.3 Å². The molecule has 0 radical (unpaired) electrons. The smallest absolute Gasteiger partial charge is 0.123 e. The van der Waals surface area contributed by atoms with E-state index in [1.807, 2.05) is 24.3 Å². The van der Waals surface area contributed by atoms with E-state index >= 15 is 0 Å². The number of hydrogen-bond donors (Lipinski definition) is 0. The molecule has 1 unspecified atom stereocenters.